The number of aryl methyl sites for hydroxylation is 1. The molecule has 0 fully saturated rings. The van der Waals surface area contributed by atoms with Crippen LogP contribution in [0.3, 0.4) is 0 Å². The van der Waals surface area contributed by atoms with E-state index in [0.29, 0.717) is 38.0 Å². The maximum Gasteiger partial charge on any atom is 0.221 e. The van der Waals surface area contributed by atoms with Gasteiger partial charge in [0.2, 0.25) is 15.9 Å². The summed E-state index contributed by atoms with van der Waals surface area (Å²) < 4.78 is 40.6. The van der Waals surface area contributed by atoms with Crippen molar-refractivity contribution in [2.24, 2.45) is 0 Å². The molecule has 0 saturated carbocycles. The Hall–Kier alpha value is -2.33. The number of halogens is 1. The number of aliphatic hydroxyl groups is 1. The standard InChI is InChI=1S/C27H40FN3O4S/c1-4-14-31(15-5-2)36(34,35)16-13-27(33)30-25(18-23-11-12-24(28)21(3)17-23)26(32)20-29-19-22-9-7-6-8-10-22/h6-12,17,25-26,29,32H,4-5,13-16,18-20H2,1-3H3,(H,30,33)/t25-,26+/m0/s1. The van der Waals surface area contributed by atoms with Crippen LogP contribution in [0.15, 0.2) is 48.5 Å². The lowest BCUT2D eigenvalue weighted by atomic mass is 9.99. The molecule has 0 aromatic heterocycles. The molecule has 1 amide bonds. The number of nitrogens with one attached hydrogen (secondary N) is 2. The minimum atomic E-state index is -3.56. The van der Waals surface area contributed by atoms with Crippen LogP contribution in [0.4, 0.5) is 4.39 Å². The summed E-state index contributed by atoms with van der Waals surface area (Å²) in [7, 11) is -3.56. The minimum Gasteiger partial charge on any atom is -0.390 e. The zero-order chi connectivity index (χ0) is 26.6. The maximum atomic E-state index is 13.7. The summed E-state index contributed by atoms with van der Waals surface area (Å²) in [6.45, 7) is 7.12. The summed E-state index contributed by atoms with van der Waals surface area (Å²) in [6, 6.07) is 13.8. The van der Waals surface area contributed by atoms with E-state index in [1.807, 2.05) is 44.2 Å². The smallest absolute Gasteiger partial charge is 0.221 e. The number of carbonyl (C=O) groups excluding carboxylic acids is 1. The second kappa shape index (κ2) is 15.0. The van der Waals surface area contributed by atoms with Gasteiger partial charge in [0.15, 0.2) is 0 Å². The molecule has 0 unspecified atom stereocenters. The second-order valence-electron chi connectivity index (χ2n) is 9.11. The molecule has 200 valence electrons. The number of sulfonamides is 1. The highest BCUT2D eigenvalue weighted by Crippen LogP contribution is 2.13. The molecule has 0 saturated heterocycles. The number of hydrogen-bond donors (Lipinski definition) is 3. The third kappa shape index (κ3) is 9.97. The third-order valence-electron chi connectivity index (χ3n) is 5.94. The first-order chi connectivity index (χ1) is 17.2. The van der Waals surface area contributed by atoms with Crippen LogP contribution in [-0.2, 0) is 27.8 Å². The SMILES string of the molecule is CCCN(CCC)S(=O)(=O)CCC(=O)N[C@@H](Cc1ccc(F)c(C)c1)[C@H](O)CNCc1ccccc1. The summed E-state index contributed by atoms with van der Waals surface area (Å²) in [6.07, 6.45) is 0.553. The van der Waals surface area contributed by atoms with Crippen molar-refractivity contribution in [2.75, 3.05) is 25.4 Å². The molecule has 0 spiro atoms. The summed E-state index contributed by atoms with van der Waals surface area (Å²) >= 11 is 0. The van der Waals surface area contributed by atoms with E-state index in [-0.39, 0.29) is 31.0 Å². The predicted molar refractivity (Wildman–Crippen MR) is 141 cm³/mol. The van der Waals surface area contributed by atoms with Crippen molar-refractivity contribution in [3.05, 3.63) is 71.0 Å². The van der Waals surface area contributed by atoms with E-state index in [0.717, 1.165) is 11.1 Å². The largest absolute Gasteiger partial charge is 0.390 e. The van der Waals surface area contributed by atoms with Crippen molar-refractivity contribution in [3.8, 4) is 0 Å². The third-order valence-corrected chi connectivity index (χ3v) is 7.81. The molecule has 0 heterocycles. The van der Waals surface area contributed by atoms with Gasteiger partial charge < -0.3 is 15.7 Å². The highest BCUT2D eigenvalue weighted by molar-refractivity contribution is 7.89. The normalized spacial score (nSPS) is 13.5. The Bertz CT molecular complexity index is 1040. The Kier molecular flexibility index (Phi) is 12.5. The summed E-state index contributed by atoms with van der Waals surface area (Å²) in [5.74, 6) is -1.06. The topological polar surface area (TPSA) is 98.7 Å². The molecule has 0 aliphatic heterocycles. The van der Waals surface area contributed by atoms with Crippen LogP contribution in [0.5, 0.6) is 0 Å². The van der Waals surface area contributed by atoms with E-state index in [9.17, 15) is 22.7 Å². The molecular weight excluding hydrogens is 481 g/mol. The second-order valence-corrected chi connectivity index (χ2v) is 11.2. The number of rotatable bonds is 16. The molecule has 2 aromatic carbocycles. The Morgan fingerprint density at radius 3 is 2.33 bits per heavy atom. The maximum absolute atomic E-state index is 13.7. The fourth-order valence-corrected chi connectivity index (χ4v) is 5.62. The number of aliphatic hydroxyl groups excluding tert-OH is 1. The first-order valence-corrected chi connectivity index (χ1v) is 14.2. The van der Waals surface area contributed by atoms with Gasteiger partial charge in [-0.3, -0.25) is 4.79 Å². The number of amides is 1. The molecule has 3 N–H and O–H groups in total. The quantitative estimate of drug-likeness (QED) is 0.315. The van der Waals surface area contributed by atoms with Crippen molar-refractivity contribution < 1.29 is 22.7 Å². The molecule has 0 bridgehead atoms. The number of nitrogens with zero attached hydrogens (tertiary/aromatic N) is 1. The van der Waals surface area contributed by atoms with E-state index < -0.39 is 28.1 Å². The number of hydrogen-bond acceptors (Lipinski definition) is 5. The highest BCUT2D eigenvalue weighted by Gasteiger charge is 2.25. The fraction of sp³-hybridized carbons (Fsp3) is 0.519. The van der Waals surface area contributed by atoms with Gasteiger partial charge in [0.25, 0.3) is 0 Å². The van der Waals surface area contributed by atoms with Gasteiger partial charge in [0, 0.05) is 32.6 Å². The van der Waals surface area contributed by atoms with Crippen LogP contribution < -0.4 is 10.6 Å². The molecule has 0 radical (unpaired) electrons. The van der Waals surface area contributed by atoms with Crippen LogP contribution in [-0.4, -0.2) is 61.3 Å². The Balaban J connectivity index is 2.04. The van der Waals surface area contributed by atoms with Gasteiger partial charge in [-0.2, -0.15) is 0 Å². The highest BCUT2D eigenvalue weighted by atomic mass is 32.2. The van der Waals surface area contributed by atoms with Crippen molar-refractivity contribution in [3.63, 3.8) is 0 Å². The fourth-order valence-electron chi connectivity index (χ4n) is 3.99. The number of carbonyl (C=O) groups is 1. The Labute approximate surface area is 215 Å². The minimum absolute atomic E-state index is 0.199. The van der Waals surface area contributed by atoms with Crippen LogP contribution in [0.2, 0.25) is 0 Å². The van der Waals surface area contributed by atoms with Crippen molar-refractivity contribution in [2.45, 2.75) is 65.1 Å². The van der Waals surface area contributed by atoms with Gasteiger partial charge >= 0.3 is 0 Å². The molecule has 0 aliphatic carbocycles. The van der Waals surface area contributed by atoms with Gasteiger partial charge in [-0.1, -0.05) is 56.3 Å². The van der Waals surface area contributed by atoms with Gasteiger partial charge in [-0.15, -0.1) is 0 Å². The predicted octanol–water partition coefficient (Wildman–Crippen LogP) is 3.15. The van der Waals surface area contributed by atoms with Gasteiger partial charge in [0.1, 0.15) is 5.82 Å². The lowest BCUT2D eigenvalue weighted by molar-refractivity contribution is -0.122. The number of benzene rings is 2. The average molecular weight is 522 g/mol. The summed E-state index contributed by atoms with van der Waals surface area (Å²) in [5.41, 5.74) is 2.31. The van der Waals surface area contributed by atoms with Crippen LogP contribution in [0, 0.1) is 12.7 Å². The zero-order valence-corrected chi connectivity index (χ0v) is 22.4. The molecular formula is C27H40FN3O4S. The lowest BCUT2D eigenvalue weighted by Crippen LogP contribution is -2.49. The molecule has 36 heavy (non-hydrogen) atoms. The molecule has 0 aliphatic rings. The van der Waals surface area contributed by atoms with Crippen molar-refractivity contribution in [1.29, 1.82) is 0 Å². The van der Waals surface area contributed by atoms with Crippen LogP contribution in [0.25, 0.3) is 0 Å². The summed E-state index contributed by atoms with van der Waals surface area (Å²) in [5, 5.41) is 16.9. The van der Waals surface area contributed by atoms with Crippen LogP contribution in [0.1, 0.15) is 49.8 Å². The molecule has 2 aromatic rings. The lowest BCUT2D eigenvalue weighted by Gasteiger charge is -2.26. The molecule has 2 atom stereocenters. The van der Waals surface area contributed by atoms with E-state index >= 15 is 0 Å². The Morgan fingerprint density at radius 2 is 1.72 bits per heavy atom. The molecule has 2 rings (SSSR count). The van der Waals surface area contributed by atoms with Crippen molar-refractivity contribution >= 4 is 15.9 Å². The first kappa shape index (κ1) is 29.9. The van der Waals surface area contributed by atoms with Crippen LogP contribution >= 0.6 is 0 Å². The van der Waals surface area contributed by atoms with E-state index in [1.165, 1.54) is 10.4 Å². The Morgan fingerprint density at radius 1 is 1.06 bits per heavy atom. The molecule has 7 nitrogen and oxygen atoms in total. The van der Waals surface area contributed by atoms with E-state index in [1.54, 1.807) is 19.1 Å². The monoisotopic (exact) mass is 521 g/mol. The van der Waals surface area contributed by atoms with Gasteiger partial charge in [-0.05, 0) is 48.9 Å². The zero-order valence-electron chi connectivity index (χ0n) is 21.5. The summed E-state index contributed by atoms with van der Waals surface area (Å²) in [4.78, 5) is 12.8. The van der Waals surface area contributed by atoms with Gasteiger partial charge in [0.05, 0.1) is 17.9 Å². The van der Waals surface area contributed by atoms with E-state index in [4.69, 9.17) is 0 Å². The van der Waals surface area contributed by atoms with Crippen molar-refractivity contribution in [1.82, 2.24) is 14.9 Å². The molecule has 9 heteroatoms. The average Bonchev–Trinajstić information content (AvgIpc) is 2.85. The first-order valence-electron chi connectivity index (χ1n) is 12.6. The van der Waals surface area contributed by atoms with E-state index in [2.05, 4.69) is 10.6 Å². The van der Waals surface area contributed by atoms with Gasteiger partial charge in [-0.25, -0.2) is 17.1 Å².